The third-order valence-electron chi connectivity index (χ3n) is 3.72. The summed E-state index contributed by atoms with van der Waals surface area (Å²) in [5.41, 5.74) is -3.30. The second-order valence-corrected chi connectivity index (χ2v) is 5.81. The molecule has 0 saturated heterocycles. The molecule has 1 amide bonds. The molecule has 150 valence electrons. The number of ether oxygens (including phenoxy) is 1. The number of rotatable bonds is 7. The van der Waals surface area contributed by atoms with Crippen LogP contribution in [0.4, 0.5) is 23.2 Å². The van der Waals surface area contributed by atoms with E-state index in [1.807, 2.05) is 5.32 Å². The van der Waals surface area contributed by atoms with Gasteiger partial charge in [-0.15, -0.1) is 0 Å². The summed E-state index contributed by atoms with van der Waals surface area (Å²) in [7, 11) is 0. The smallest absolute Gasteiger partial charge is 0.441 e. The zero-order valence-corrected chi connectivity index (χ0v) is 14.8. The van der Waals surface area contributed by atoms with Crippen LogP contribution in [0.25, 0.3) is 0 Å². The van der Waals surface area contributed by atoms with Crippen LogP contribution in [0.2, 0.25) is 0 Å². The normalized spacial score (nSPS) is 13.3. The number of anilines is 1. The van der Waals surface area contributed by atoms with E-state index in [4.69, 9.17) is 0 Å². The molecule has 2 N–H and O–H groups in total. The van der Waals surface area contributed by atoms with Crippen molar-refractivity contribution in [1.29, 1.82) is 0 Å². The first kappa shape index (κ1) is 21.2. The minimum Gasteiger partial charge on any atom is -0.463 e. The van der Waals surface area contributed by atoms with E-state index in [1.165, 1.54) is 6.92 Å². The lowest BCUT2D eigenvalue weighted by Crippen LogP contribution is -2.69. The SMILES string of the molecule is CCOC(=O)C(NC(=O)Cc1ccccc1)(Nc1ccc(F)cc1)C(F)(F)F. The second kappa shape index (κ2) is 8.73. The first-order valence-electron chi connectivity index (χ1n) is 8.30. The molecular formula is C19H18F4N2O3. The standard InChI is InChI=1S/C19H18F4N2O3/c1-2-28-17(27)18(19(21,22)23,24-15-10-8-14(20)9-11-15)25-16(26)12-13-6-4-3-5-7-13/h3-11,24H,2,12H2,1H3,(H,25,26). The summed E-state index contributed by atoms with van der Waals surface area (Å²) < 4.78 is 59.5. The molecule has 0 fully saturated rings. The summed E-state index contributed by atoms with van der Waals surface area (Å²) in [6, 6.07) is 11.9. The Bertz CT molecular complexity index is 810. The van der Waals surface area contributed by atoms with Crippen LogP contribution in [-0.2, 0) is 20.7 Å². The van der Waals surface area contributed by atoms with Crippen LogP contribution in [0, 0.1) is 5.82 Å². The van der Waals surface area contributed by atoms with Crippen LogP contribution in [-0.4, -0.2) is 30.3 Å². The van der Waals surface area contributed by atoms with Crippen molar-refractivity contribution in [2.45, 2.75) is 25.2 Å². The molecule has 9 heteroatoms. The Kier molecular flexibility index (Phi) is 6.61. The van der Waals surface area contributed by atoms with Crippen molar-refractivity contribution >= 4 is 17.6 Å². The molecule has 2 aromatic rings. The number of alkyl halides is 3. The summed E-state index contributed by atoms with van der Waals surface area (Å²) in [5.74, 6) is -3.45. The fraction of sp³-hybridized carbons (Fsp3) is 0.263. The Hall–Kier alpha value is -3.10. The number of carbonyl (C=O) groups excluding carboxylic acids is 2. The number of hydrogen-bond donors (Lipinski definition) is 2. The van der Waals surface area contributed by atoms with Crippen LogP contribution in [0.1, 0.15) is 12.5 Å². The van der Waals surface area contributed by atoms with Gasteiger partial charge in [-0.25, -0.2) is 9.18 Å². The minimum atomic E-state index is -5.25. The monoisotopic (exact) mass is 398 g/mol. The fourth-order valence-electron chi connectivity index (χ4n) is 2.41. The summed E-state index contributed by atoms with van der Waals surface area (Å²) in [6.07, 6.45) is -5.64. The highest BCUT2D eigenvalue weighted by atomic mass is 19.4. The third kappa shape index (κ3) is 4.99. The zero-order chi connectivity index (χ0) is 20.8. The maximum absolute atomic E-state index is 14.0. The van der Waals surface area contributed by atoms with Gasteiger partial charge in [-0.3, -0.25) is 4.79 Å². The van der Waals surface area contributed by atoms with E-state index in [9.17, 15) is 27.2 Å². The molecule has 0 spiro atoms. The van der Waals surface area contributed by atoms with Gasteiger partial charge in [-0.2, -0.15) is 13.2 Å². The average molecular weight is 398 g/mol. The molecule has 1 unspecified atom stereocenters. The van der Waals surface area contributed by atoms with Gasteiger partial charge in [0.25, 0.3) is 0 Å². The van der Waals surface area contributed by atoms with Gasteiger partial charge >= 0.3 is 17.8 Å². The predicted molar refractivity (Wildman–Crippen MR) is 93.7 cm³/mol. The van der Waals surface area contributed by atoms with E-state index in [1.54, 1.807) is 35.6 Å². The molecule has 0 bridgehead atoms. The van der Waals surface area contributed by atoms with E-state index in [0.717, 1.165) is 24.3 Å². The Labute approximate surface area is 158 Å². The van der Waals surface area contributed by atoms with Gasteiger partial charge in [0.2, 0.25) is 5.91 Å². The summed E-state index contributed by atoms with van der Waals surface area (Å²) in [5, 5.41) is 3.69. The van der Waals surface area contributed by atoms with Gasteiger partial charge in [0.1, 0.15) is 5.82 Å². The summed E-state index contributed by atoms with van der Waals surface area (Å²) in [4.78, 5) is 24.6. The highest BCUT2D eigenvalue weighted by Gasteiger charge is 2.63. The second-order valence-electron chi connectivity index (χ2n) is 5.81. The third-order valence-corrected chi connectivity index (χ3v) is 3.72. The highest BCUT2D eigenvalue weighted by Crippen LogP contribution is 2.33. The molecule has 2 aromatic carbocycles. The lowest BCUT2D eigenvalue weighted by atomic mass is 10.1. The Balaban J connectivity index is 2.38. The molecular weight excluding hydrogens is 380 g/mol. The lowest BCUT2D eigenvalue weighted by molar-refractivity contribution is -0.207. The van der Waals surface area contributed by atoms with Gasteiger partial charge in [0.15, 0.2) is 0 Å². The largest absolute Gasteiger partial charge is 0.463 e. The Morgan fingerprint density at radius 2 is 1.61 bits per heavy atom. The van der Waals surface area contributed by atoms with Crippen molar-refractivity contribution in [3.8, 4) is 0 Å². The van der Waals surface area contributed by atoms with Crippen molar-refractivity contribution in [3.63, 3.8) is 0 Å². The van der Waals surface area contributed by atoms with Crippen molar-refractivity contribution in [3.05, 3.63) is 66.0 Å². The van der Waals surface area contributed by atoms with Crippen molar-refractivity contribution in [2.24, 2.45) is 0 Å². The number of nitrogens with one attached hydrogen (secondary N) is 2. The molecule has 1 atom stereocenters. The number of benzene rings is 2. The lowest BCUT2D eigenvalue weighted by Gasteiger charge is -2.35. The molecule has 0 saturated carbocycles. The van der Waals surface area contributed by atoms with Crippen LogP contribution in [0.3, 0.4) is 0 Å². The zero-order valence-electron chi connectivity index (χ0n) is 14.8. The average Bonchev–Trinajstić information content (AvgIpc) is 2.63. The molecule has 0 aliphatic carbocycles. The van der Waals surface area contributed by atoms with Crippen LogP contribution in [0.15, 0.2) is 54.6 Å². The first-order chi connectivity index (χ1) is 13.2. The van der Waals surface area contributed by atoms with Crippen LogP contribution in [0.5, 0.6) is 0 Å². The minimum absolute atomic E-state index is 0.230. The van der Waals surface area contributed by atoms with Gasteiger partial charge in [0.05, 0.1) is 13.0 Å². The first-order valence-corrected chi connectivity index (χ1v) is 8.30. The van der Waals surface area contributed by atoms with E-state index in [0.29, 0.717) is 5.56 Å². The van der Waals surface area contributed by atoms with E-state index in [2.05, 4.69) is 4.74 Å². The van der Waals surface area contributed by atoms with E-state index < -0.39 is 29.5 Å². The van der Waals surface area contributed by atoms with Crippen molar-refractivity contribution < 1.29 is 31.9 Å². The molecule has 0 heterocycles. The summed E-state index contributed by atoms with van der Waals surface area (Å²) in [6.45, 7) is 0.999. The molecule has 0 aliphatic rings. The van der Waals surface area contributed by atoms with Crippen molar-refractivity contribution in [1.82, 2.24) is 5.32 Å². The molecule has 0 aromatic heterocycles. The van der Waals surface area contributed by atoms with Gasteiger partial charge in [0, 0.05) is 5.69 Å². The predicted octanol–water partition coefficient (Wildman–Crippen LogP) is 3.42. The van der Waals surface area contributed by atoms with E-state index >= 15 is 0 Å². The molecule has 0 aliphatic heterocycles. The number of hydrogen-bond acceptors (Lipinski definition) is 4. The molecule has 28 heavy (non-hydrogen) atoms. The van der Waals surface area contributed by atoms with Crippen LogP contribution >= 0.6 is 0 Å². The van der Waals surface area contributed by atoms with Gasteiger partial charge < -0.3 is 15.4 Å². The van der Waals surface area contributed by atoms with Gasteiger partial charge in [-0.1, -0.05) is 30.3 Å². The fourth-order valence-corrected chi connectivity index (χ4v) is 2.41. The molecule has 5 nitrogen and oxygen atoms in total. The Morgan fingerprint density at radius 3 is 2.14 bits per heavy atom. The molecule has 0 radical (unpaired) electrons. The Morgan fingerprint density at radius 1 is 1.00 bits per heavy atom. The maximum Gasteiger partial charge on any atom is 0.441 e. The number of carbonyl (C=O) groups is 2. The quantitative estimate of drug-likeness (QED) is 0.426. The van der Waals surface area contributed by atoms with Crippen molar-refractivity contribution in [2.75, 3.05) is 11.9 Å². The topological polar surface area (TPSA) is 67.4 Å². The van der Waals surface area contributed by atoms with Crippen LogP contribution < -0.4 is 10.6 Å². The highest BCUT2D eigenvalue weighted by molar-refractivity contribution is 5.92. The van der Waals surface area contributed by atoms with Gasteiger partial charge in [-0.05, 0) is 36.8 Å². The number of esters is 1. The van der Waals surface area contributed by atoms with E-state index in [-0.39, 0.29) is 18.7 Å². The maximum atomic E-state index is 14.0. The number of halogens is 4. The molecule has 2 rings (SSSR count). The number of amides is 1. The summed E-state index contributed by atoms with van der Waals surface area (Å²) >= 11 is 0.